The summed E-state index contributed by atoms with van der Waals surface area (Å²) in [6, 6.07) is 10.8. The summed E-state index contributed by atoms with van der Waals surface area (Å²) in [5.74, 6) is -1.04. The number of rotatable bonds is 10. The number of amides is 2. The van der Waals surface area contributed by atoms with Crippen LogP contribution in [0.25, 0.3) is 0 Å². The first-order valence-corrected chi connectivity index (χ1v) is 12.2. The van der Waals surface area contributed by atoms with E-state index < -0.39 is 39.3 Å². The second-order valence-electron chi connectivity index (χ2n) is 7.23. The number of hydrogen-bond donors (Lipinski definition) is 1. The number of benzene rings is 2. The van der Waals surface area contributed by atoms with Crippen LogP contribution in [0.5, 0.6) is 0 Å². The van der Waals surface area contributed by atoms with E-state index in [1.54, 1.807) is 31.2 Å². The Morgan fingerprint density at radius 2 is 1.82 bits per heavy atom. The molecule has 0 fully saturated rings. The van der Waals surface area contributed by atoms with Crippen molar-refractivity contribution in [2.45, 2.75) is 25.9 Å². The van der Waals surface area contributed by atoms with Crippen LogP contribution in [0.2, 0.25) is 5.02 Å². The normalized spacial score (nSPS) is 12.0. The molecule has 2 rings (SSSR count). The third-order valence-corrected chi connectivity index (χ3v) is 6.30. The number of sulfonamides is 1. The molecule has 0 spiro atoms. The Balaban J connectivity index is 2.45. The maximum atomic E-state index is 13.4. The quantitative estimate of drug-likeness (QED) is 0.397. The van der Waals surface area contributed by atoms with Crippen LogP contribution in [0, 0.1) is 10.1 Å². The monoisotopic (exact) mass is 496 g/mol. The second kappa shape index (κ2) is 11.1. The molecule has 0 heterocycles. The largest absolute Gasteiger partial charge is 0.357 e. The minimum atomic E-state index is -3.98. The highest BCUT2D eigenvalue weighted by molar-refractivity contribution is 7.92. The van der Waals surface area contributed by atoms with Gasteiger partial charge in [0, 0.05) is 30.7 Å². The molecule has 0 aliphatic rings. The summed E-state index contributed by atoms with van der Waals surface area (Å²) in [6.07, 6.45) is 1.19. The van der Waals surface area contributed by atoms with Gasteiger partial charge in [-0.25, -0.2) is 8.42 Å². The molecule has 178 valence electrons. The molecule has 1 atom stereocenters. The van der Waals surface area contributed by atoms with Crippen LogP contribution in [-0.4, -0.2) is 55.9 Å². The van der Waals surface area contributed by atoms with E-state index in [4.69, 9.17) is 11.6 Å². The summed E-state index contributed by atoms with van der Waals surface area (Å²) >= 11 is 5.93. The molecule has 2 aromatic carbocycles. The lowest BCUT2D eigenvalue weighted by Gasteiger charge is -2.32. The highest BCUT2D eigenvalue weighted by atomic mass is 35.5. The molecule has 2 aromatic rings. The van der Waals surface area contributed by atoms with Crippen LogP contribution in [0.15, 0.2) is 48.5 Å². The number of likely N-dealkylation sites (N-methyl/N-ethyl adjacent to an activating group) is 1. The molecule has 0 aliphatic carbocycles. The average Bonchev–Trinajstić information content (AvgIpc) is 2.77. The van der Waals surface area contributed by atoms with Gasteiger partial charge in [-0.15, -0.1) is 0 Å². The van der Waals surface area contributed by atoms with Crippen molar-refractivity contribution in [3.8, 4) is 0 Å². The minimum Gasteiger partial charge on any atom is -0.357 e. The summed E-state index contributed by atoms with van der Waals surface area (Å²) in [4.78, 5) is 37.6. The number of nitrogens with one attached hydrogen (secondary N) is 1. The van der Waals surface area contributed by atoms with Crippen LogP contribution in [0.1, 0.15) is 18.9 Å². The number of non-ortho nitro benzene ring substituents is 1. The Bertz CT molecular complexity index is 1120. The van der Waals surface area contributed by atoms with Crippen molar-refractivity contribution in [1.29, 1.82) is 0 Å². The SMILES string of the molecule is CC[C@@H](C(=O)NC)N(Cc1ccc(Cl)cc1)C(=O)CN(c1cccc([N+](=O)[O-])c1)S(C)(=O)=O. The summed E-state index contributed by atoms with van der Waals surface area (Å²) in [7, 11) is -2.53. The summed E-state index contributed by atoms with van der Waals surface area (Å²) in [5, 5.41) is 14.2. The third kappa shape index (κ3) is 6.90. The van der Waals surface area contributed by atoms with Crippen LogP contribution in [0.3, 0.4) is 0 Å². The summed E-state index contributed by atoms with van der Waals surface area (Å²) in [5.41, 5.74) is 0.347. The molecule has 0 aromatic heterocycles. The first kappa shape index (κ1) is 26.1. The molecular formula is C21H25ClN4O6S. The Kier molecular flexibility index (Phi) is 8.77. The molecule has 12 heteroatoms. The van der Waals surface area contributed by atoms with Crippen LogP contribution < -0.4 is 9.62 Å². The van der Waals surface area contributed by atoms with Crippen molar-refractivity contribution in [3.05, 3.63) is 69.2 Å². The third-order valence-electron chi connectivity index (χ3n) is 4.91. The summed E-state index contributed by atoms with van der Waals surface area (Å²) < 4.78 is 25.8. The van der Waals surface area contributed by atoms with Gasteiger partial charge in [-0.3, -0.25) is 24.0 Å². The van der Waals surface area contributed by atoms with E-state index in [1.807, 2.05) is 0 Å². The molecule has 0 saturated heterocycles. The number of nitro benzene ring substituents is 1. The molecule has 2 amide bonds. The molecule has 0 bridgehead atoms. The molecule has 0 radical (unpaired) electrons. The fourth-order valence-electron chi connectivity index (χ4n) is 3.25. The predicted molar refractivity (Wildman–Crippen MR) is 125 cm³/mol. The number of nitro groups is 1. The Hall–Kier alpha value is -3.18. The van der Waals surface area contributed by atoms with Crippen molar-refractivity contribution in [2.24, 2.45) is 0 Å². The van der Waals surface area contributed by atoms with E-state index in [9.17, 15) is 28.1 Å². The van der Waals surface area contributed by atoms with Crippen molar-refractivity contribution in [2.75, 3.05) is 24.2 Å². The first-order chi connectivity index (χ1) is 15.5. The predicted octanol–water partition coefficient (Wildman–Crippen LogP) is 2.57. The molecule has 0 aliphatic heterocycles. The smallest absolute Gasteiger partial charge is 0.271 e. The van der Waals surface area contributed by atoms with Gasteiger partial charge >= 0.3 is 0 Å². The van der Waals surface area contributed by atoms with E-state index in [0.717, 1.165) is 16.6 Å². The van der Waals surface area contributed by atoms with Crippen molar-refractivity contribution in [1.82, 2.24) is 10.2 Å². The van der Waals surface area contributed by atoms with Crippen molar-refractivity contribution in [3.63, 3.8) is 0 Å². The van der Waals surface area contributed by atoms with Gasteiger partial charge in [-0.1, -0.05) is 36.7 Å². The van der Waals surface area contributed by atoms with E-state index in [0.29, 0.717) is 10.6 Å². The van der Waals surface area contributed by atoms with Crippen molar-refractivity contribution >= 4 is 44.8 Å². The van der Waals surface area contributed by atoms with Gasteiger partial charge < -0.3 is 10.2 Å². The highest BCUT2D eigenvalue weighted by Crippen LogP contribution is 2.24. The lowest BCUT2D eigenvalue weighted by Crippen LogP contribution is -2.51. The van der Waals surface area contributed by atoms with Gasteiger partial charge in [0.2, 0.25) is 21.8 Å². The first-order valence-electron chi connectivity index (χ1n) is 9.95. The molecule has 0 unspecified atom stereocenters. The number of halogens is 1. The second-order valence-corrected chi connectivity index (χ2v) is 9.58. The zero-order valence-corrected chi connectivity index (χ0v) is 20.0. The standard InChI is InChI=1S/C21H25ClN4O6S/c1-4-19(21(28)23-2)24(13-15-8-10-16(22)11-9-15)20(27)14-25(33(3,31)32)17-6-5-7-18(12-17)26(29)30/h5-12,19H,4,13-14H2,1-3H3,(H,23,28)/t19-/m0/s1. The maximum absolute atomic E-state index is 13.4. The number of anilines is 1. The van der Waals surface area contributed by atoms with Gasteiger partial charge in [0.1, 0.15) is 12.6 Å². The highest BCUT2D eigenvalue weighted by Gasteiger charge is 2.31. The van der Waals surface area contributed by atoms with Crippen LogP contribution in [-0.2, 0) is 26.2 Å². The van der Waals surface area contributed by atoms with Gasteiger partial charge in [0.25, 0.3) is 5.69 Å². The van der Waals surface area contributed by atoms with Gasteiger partial charge in [-0.2, -0.15) is 0 Å². The van der Waals surface area contributed by atoms with Gasteiger partial charge in [0.05, 0.1) is 16.9 Å². The zero-order valence-electron chi connectivity index (χ0n) is 18.4. The van der Waals surface area contributed by atoms with Gasteiger partial charge in [0.15, 0.2) is 0 Å². The molecule has 33 heavy (non-hydrogen) atoms. The zero-order chi connectivity index (χ0) is 24.8. The van der Waals surface area contributed by atoms with Gasteiger partial charge in [-0.05, 0) is 30.2 Å². The minimum absolute atomic E-state index is 0.0283. The van der Waals surface area contributed by atoms with E-state index in [-0.39, 0.29) is 24.3 Å². The number of carbonyl (C=O) groups excluding carboxylic acids is 2. The fourth-order valence-corrected chi connectivity index (χ4v) is 4.22. The Morgan fingerprint density at radius 1 is 1.18 bits per heavy atom. The van der Waals surface area contributed by atoms with E-state index >= 15 is 0 Å². The topological polar surface area (TPSA) is 130 Å². The Labute approximate surface area is 197 Å². The lowest BCUT2D eigenvalue weighted by molar-refractivity contribution is -0.384. The number of carbonyl (C=O) groups is 2. The van der Waals surface area contributed by atoms with E-state index in [2.05, 4.69) is 5.32 Å². The average molecular weight is 497 g/mol. The fraction of sp³-hybridized carbons (Fsp3) is 0.333. The molecule has 10 nitrogen and oxygen atoms in total. The van der Waals surface area contributed by atoms with Crippen LogP contribution >= 0.6 is 11.6 Å². The lowest BCUT2D eigenvalue weighted by atomic mass is 10.1. The number of hydrogen-bond acceptors (Lipinski definition) is 6. The Morgan fingerprint density at radius 3 is 2.33 bits per heavy atom. The van der Waals surface area contributed by atoms with Crippen molar-refractivity contribution < 1.29 is 22.9 Å². The summed E-state index contributed by atoms with van der Waals surface area (Å²) in [6.45, 7) is 1.13. The molecule has 1 N–H and O–H groups in total. The van der Waals surface area contributed by atoms with E-state index in [1.165, 1.54) is 30.1 Å². The van der Waals surface area contributed by atoms with Crippen LogP contribution in [0.4, 0.5) is 11.4 Å². The molecule has 0 saturated carbocycles. The maximum Gasteiger partial charge on any atom is 0.271 e. The number of nitrogens with zero attached hydrogens (tertiary/aromatic N) is 3. The molecular weight excluding hydrogens is 472 g/mol.